The molecule has 2 rings (SSSR count). The summed E-state index contributed by atoms with van der Waals surface area (Å²) in [5, 5.41) is 18.8. The molecule has 1 aromatic carbocycles. The molecular formula is C12H16N2O3. The molecule has 1 aliphatic rings. The van der Waals surface area contributed by atoms with Gasteiger partial charge in [-0.3, -0.25) is 4.79 Å². The molecule has 5 heteroatoms. The number of rotatable bonds is 1. The number of hydrogen-bond donors (Lipinski definition) is 2. The van der Waals surface area contributed by atoms with Crippen LogP contribution in [-0.2, 0) is 0 Å². The van der Waals surface area contributed by atoms with Gasteiger partial charge in [0.25, 0.3) is 5.91 Å². The molecule has 92 valence electrons. The number of benzene rings is 1. The second-order valence-corrected chi connectivity index (χ2v) is 4.30. The van der Waals surface area contributed by atoms with Crippen LogP contribution in [0.4, 0.5) is 0 Å². The molecule has 0 spiro atoms. The topological polar surface area (TPSA) is 64.0 Å². The van der Waals surface area contributed by atoms with Crippen LogP contribution in [0.25, 0.3) is 0 Å². The van der Waals surface area contributed by atoms with Crippen molar-refractivity contribution in [1.29, 1.82) is 0 Å². The van der Waals surface area contributed by atoms with Crippen LogP contribution in [-0.4, -0.2) is 59.1 Å². The van der Waals surface area contributed by atoms with E-state index >= 15 is 0 Å². The predicted octanol–water partition coefficient (Wildman–Crippen LogP) is 0.485. The van der Waals surface area contributed by atoms with Crippen molar-refractivity contribution in [1.82, 2.24) is 9.80 Å². The van der Waals surface area contributed by atoms with Gasteiger partial charge in [-0.25, -0.2) is 0 Å². The molecule has 0 radical (unpaired) electrons. The highest BCUT2D eigenvalue weighted by molar-refractivity contribution is 5.97. The first-order valence-corrected chi connectivity index (χ1v) is 5.58. The Bertz CT molecular complexity index is 426. The largest absolute Gasteiger partial charge is 0.508 e. The van der Waals surface area contributed by atoms with Crippen LogP contribution in [0.1, 0.15) is 10.4 Å². The summed E-state index contributed by atoms with van der Waals surface area (Å²) in [5.74, 6) is -0.401. The Morgan fingerprint density at radius 2 is 1.82 bits per heavy atom. The summed E-state index contributed by atoms with van der Waals surface area (Å²) in [6, 6.07) is 4.04. The highest BCUT2D eigenvalue weighted by Crippen LogP contribution is 2.24. The Labute approximate surface area is 99.9 Å². The SMILES string of the molecule is CN1CCN(C(=O)c2ccc(O)cc2O)CC1. The molecule has 5 nitrogen and oxygen atoms in total. The van der Waals surface area contributed by atoms with E-state index in [1.54, 1.807) is 4.90 Å². The summed E-state index contributed by atoms with van der Waals surface area (Å²) in [6.07, 6.45) is 0. The molecule has 0 aromatic heterocycles. The van der Waals surface area contributed by atoms with Crippen LogP contribution < -0.4 is 0 Å². The fraction of sp³-hybridized carbons (Fsp3) is 0.417. The maximum atomic E-state index is 12.1. The minimum atomic E-state index is -0.185. The van der Waals surface area contributed by atoms with Crippen LogP contribution in [0.5, 0.6) is 11.5 Å². The van der Waals surface area contributed by atoms with Crippen molar-refractivity contribution in [3.8, 4) is 11.5 Å². The molecule has 1 aliphatic heterocycles. The zero-order valence-corrected chi connectivity index (χ0v) is 9.76. The average molecular weight is 236 g/mol. The quantitative estimate of drug-likeness (QED) is 0.744. The van der Waals surface area contributed by atoms with Crippen LogP contribution in [0.3, 0.4) is 0 Å². The van der Waals surface area contributed by atoms with E-state index in [1.165, 1.54) is 18.2 Å². The first kappa shape index (κ1) is 11.7. The monoisotopic (exact) mass is 236 g/mol. The van der Waals surface area contributed by atoms with Gasteiger partial charge >= 0.3 is 0 Å². The summed E-state index contributed by atoms with van der Waals surface area (Å²) in [5.41, 5.74) is 0.243. The minimum absolute atomic E-state index is 0.0440. The Morgan fingerprint density at radius 3 is 2.41 bits per heavy atom. The van der Waals surface area contributed by atoms with E-state index in [1.807, 2.05) is 7.05 Å². The Kier molecular flexibility index (Phi) is 3.19. The molecule has 2 N–H and O–H groups in total. The number of aromatic hydroxyl groups is 2. The molecule has 17 heavy (non-hydrogen) atoms. The molecule has 1 heterocycles. The second-order valence-electron chi connectivity index (χ2n) is 4.30. The standard InChI is InChI=1S/C12H16N2O3/c1-13-4-6-14(7-5-13)12(17)10-3-2-9(15)8-11(10)16/h2-3,8,15-16H,4-7H2,1H3. The van der Waals surface area contributed by atoms with Crippen molar-refractivity contribution in [3.63, 3.8) is 0 Å². The summed E-state index contributed by atoms with van der Waals surface area (Å²) < 4.78 is 0. The van der Waals surface area contributed by atoms with Gasteiger partial charge < -0.3 is 20.0 Å². The van der Waals surface area contributed by atoms with E-state index in [0.29, 0.717) is 13.1 Å². The predicted molar refractivity (Wildman–Crippen MR) is 63.2 cm³/mol. The van der Waals surface area contributed by atoms with Gasteiger partial charge in [0.2, 0.25) is 0 Å². The third kappa shape index (κ3) is 2.50. The van der Waals surface area contributed by atoms with Gasteiger partial charge in [-0.05, 0) is 19.2 Å². The van der Waals surface area contributed by atoms with E-state index < -0.39 is 0 Å². The molecule has 1 amide bonds. The number of carbonyl (C=O) groups excluding carboxylic acids is 1. The lowest BCUT2D eigenvalue weighted by Gasteiger charge is -2.32. The van der Waals surface area contributed by atoms with Gasteiger partial charge in [0.1, 0.15) is 11.5 Å². The maximum absolute atomic E-state index is 12.1. The van der Waals surface area contributed by atoms with Crippen LogP contribution in [0.15, 0.2) is 18.2 Å². The van der Waals surface area contributed by atoms with Gasteiger partial charge in [0, 0.05) is 32.2 Å². The molecule has 1 fully saturated rings. The fourth-order valence-corrected chi connectivity index (χ4v) is 1.88. The zero-order valence-electron chi connectivity index (χ0n) is 9.76. The average Bonchev–Trinajstić information content (AvgIpc) is 2.29. The number of piperazine rings is 1. The summed E-state index contributed by atoms with van der Waals surface area (Å²) in [7, 11) is 2.01. The molecule has 0 unspecified atom stereocenters. The van der Waals surface area contributed by atoms with Gasteiger partial charge in [-0.1, -0.05) is 0 Å². The molecule has 0 saturated carbocycles. The maximum Gasteiger partial charge on any atom is 0.257 e. The molecule has 0 aliphatic carbocycles. The van der Waals surface area contributed by atoms with E-state index in [9.17, 15) is 15.0 Å². The van der Waals surface area contributed by atoms with Gasteiger partial charge in [0.15, 0.2) is 0 Å². The van der Waals surface area contributed by atoms with E-state index in [0.717, 1.165) is 13.1 Å². The third-order valence-electron chi connectivity index (χ3n) is 3.00. The van der Waals surface area contributed by atoms with Crippen molar-refractivity contribution in [2.75, 3.05) is 33.2 Å². The number of hydrogen-bond acceptors (Lipinski definition) is 4. The summed E-state index contributed by atoms with van der Waals surface area (Å²) >= 11 is 0. The number of phenols is 2. The normalized spacial score (nSPS) is 17.1. The van der Waals surface area contributed by atoms with Crippen molar-refractivity contribution < 1.29 is 15.0 Å². The Morgan fingerprint density at radius 1 is 1.18 bits per heavy atom. The van der Waals surface area contributed by atoms with E-state index in [2.05, 4.69) is 4.90 Å². The van der Waals surface area contributed by atoms with Gasteiger partial charge in [-0.2, -0.15) is 0 Å². The number of phenolic OH excluding ortho intramolecular Hbond substituents is 2. The highest BCUT2D eigenvalue weighted by Gasteiger charge is 2.22. The number of nitrogens with zero attached hydrogens (tertiary/aromatic N) is 2. The zero-order chi connectivity index (χ0) is 12.4. The fourth-order valence-electron chi connectivity index (χ4n) is 1.88. The summed E-state index contributed by atoms with van der Waals surface area (Å²) in [6.45, 7) is 3.00. The Hall–Kier alpha value is -1.75. The molecule has 1 saturated heterocycles. The third-order valence-corrected chi connectivity index (χ3v) is 3.00. The van der Waals surface area contributed by atoms with Gasteiger partial charge in [0.05, 0.1) is 5.56 Å². The highest BCUT2D eigenvalue weighted by atomic mass is 16.3. The van der Waals surface area contributed by atoms with Gasteiger partial charge in [-0.15, -0.1) is 0 Å². The van der Waals surface area contributed by atoms with Crippen molar-refractivity contribution >= 4 is 5.91 Å². The van der Waals surface area contributed by atoms with E-state index in [-0.39, 0.29) is 23.0 Å². The molecular weight excluding hydrogens is 220 g/mol. The minimum Gasteiger partial charge on any atom is -0.508 e. The second kappa shape index (κ2) is 4.63. The smallest absolute Gasteiger partial charge is 0.257 e. The van der Waals surface area contributed by atoms with Crippen LogP contribution >= 0.6 is 0 Å². The van der Waals surface area contributed by atoms with E-state index in [4.69, 9.17) is 0 Å². The van der Waals surface area contributed by atoms with Crippen molar-refractivity contribution in [2.24, 2.45) is 0 Å². The number of likely N-dealkylation sites (N-methyl/N-ethyl adjacent to an activating group) is 1. The van der Waals surface area contributed by atoms with Crippen molar-refractivity contribution in [2.45, 2.75) is 0 Å². The summed E-state index contributed by atoms with van der Waals surface area (Å²) in [4.78, 5) is 16.0. The number of carbonyl (C=O) groups is 1. The molecule has 0 bridgehead atoms. The molecule has 1 aromatic rings. The lowest BCUT2D eigenvalue weighted by molar-refractivity contribution is 0.0661. The lowest BCUT2D eigenvalue weighted by Crippen LogP contribution is -2.47. The lowest BCUT2D eigenvalue weighted by atomic mass is 10.1. The number of amides is 1. The first-order chi connectivity index (χ1) is 8.08. The van der Waals surface area contributed by atoms with Crippen LogP contribution in [0, 0.1) is 0 Å². The Balaban J connectivity index is 2.14. The first-order valence-electron chi connectivity index (χ1n) is 5.58. The molecule has 0 atom stereocenters. The van der Waals surface area contributed by atoms with Crippen molar-refractivity contribution in [3.05, 3.63) is 23.8 Å². The van der Waals surface area contributed by atoms with Crippen LogP contribution in [0.2, 0.25) is 0 Å².